The summed E-state index contributed by atoms with van der Waals surface area (Å²) in [5.74, 6) is 1.05. The highest BCUT2D eigenvalue weighted by molar-refractivity contribution is 7.89. The van der Waals surface area contributed by atoms with Crippen LogP contribution in [-0.2, 0) is 32.6 Å². The lowest BCUT2D eigenvalue weighted by Crippen LogP contribution is -2.42. The van der Waals surface area contributed by atoms with E-state index in [9.17, 15) is 13.2 Å². The van der Waals surface area contributed by atoms with E-state index >= 15 is 0 Å². The van der Waals surface area contributed by atoms with Crippen LogP contribution < -0.4 is 19.9 Å². The van der Waals surface area contributed by atoms with E-state index in [0.29, 0.717) is 30.9 Å². The van der Waals surface area contributed by atoms with E-state index in [1.165, 1.54) is 16.4 Å². The van der Waals surface area contributed by atoms with Gasteiger partial charge in [-0.25, -0.2) is 13.4 Å². The Kier molecular flexibility index (Phi) is 10.0. The number of rotatable bonds is 14. The van der Waals surface area contributed by atoms with Crippen molar-refractivity contribution < 1.29 is 32.2 Å². The van der Waals surface area contributed by atoms with Crippen molar-refractivity contribution in [3.05, 3.63) is 64.1 Å². The fraction of sp³-hybridized carbons (Fsp3) is 0.429. The average molecular weight is 590 g/mol. The largest absolute Gasteiger partial charge is 0.487 e. The monoisotopic (exact) mass is 589 g/mol. The number of nitrogens with two attached hydrogens (primary N) is 1. The Labute approximate surface area is 239 Å². The lowest BCUT2D eigenvalue weighted by Gasteiger charge is -2.28. The van der Waals surface area contributed by atoms with Gasteiger partial charge in [0.15, 0.2) is 11.5 Å². The second kappa shape index (κ2) is 13.4. The van der Waals surface area contributed by atoms with Gasteiger partial charge in [-0.3, -0.25) is 4.79 Å². The van der Waals surface area contributed by atoms with Gasteiger partial charge < -0.3 is 24.7 Å². The standard InChI is InChI=1S/C28H35N3O7S2/c1-19(2)14-31(40(33,34)25-10-11-26-27(12-25)37-18-36-26)15-24(38-28(32)13-29)9-6-21-4-7-23(8-5-21)35-16-22-17-39-20(3)30-22/h4-5,7-8,10-12,17,19,24H,6,9,13-16,18,29H2,1-3H3. The average Bonchev–Trinajstić information content (AvgIpc) is 3.58. The molecule has 12 heteroatoms. The number of ether oxygens (including phenoxy) is 4. The topological polar surface area (TPSA) is 130 Å². The van der Waals surface area contributed by atoms with Crippen LogP contribution in [0.15, 0.2) is 52.7 Å². The molecule has 1 aliphatic heterocycles. The number of benzene rings is 2. The Balaban J connectivity index is 1.44. The van der Waals surface area contributed by atoms with E-state index in [0.717, 1.165) is 22.0 Å². The first-order valence-corrected chi connectivity index (χ1v) is 15.4. The maximum atomic E-state index is 13.7. The predicted molar refractivity (Wildman–Crippen MR) is 151 cm³/mol. The van der Waals surface area contributed by atoms with E-state index in [2.05, 4.69) is 4.98 Å². The predicted octanol–water partition coefficient (Wildman–Crippen LogP) is 3.91. The number of sulfonamides is 1. The molecule has 0 fully saturated rings. The van der Waals surface area contributed by atoms with Crippen LogP contribution in [0.3, 0.4) is 0 Å². The van der Waals surface area contributed by atoms with E-state index < -0.39 is 22.1 Å². The van der Waals surface area contributed by atoms with Crippen molar-refractivity contribution in [2.45, 2.75) is 51.2 Å². The Hall–Kier alpha value is -3.19. The fourth-order valence-electron chi connectivity index (χ4n) is 4.22. The minimum absolute atomic E-state index is 0.00501. The van der Waals surface area contributed by atoms with Gasteiger partial charge in [0.2, 0.25) is 16.8 Å². The molecule has 2 aromatic carbocycles. The SMILES string of the molecule is Cc1nc(COc2ccc(CCC(CN(CC(C)C)S(=O)(=O)c3ccc4c(c3)OCO4)OC(=O)CN)cc2)cs1. The van der Waals surface area contributed by atoms with Crippen LogP contribution in [0.25, 0.3) is 0 Å². The molecule has 0 radical (unpaired) electrons. The first-order valence-electron chi connectivity index (χ1n) is 13.1. The van der Waals surface area contributed by atoms with E-state index in [1.54, 1.807) is 17.4 Å². The molecule has 216 valence electrons. The van der Waals surface area contributed by atoms with Crippen LogP contribution in [0.4, 0.5) is 0 Å². The zero-order chi connectivity index (χ0) is 28.7. The van der Waals surface area contributed by atoms with Crippen molar-refractivity contribution in [1.82, 2.24) is 9.29 Å². The molecule has 0 saturated carbocycles. The fourth-order valence-corrected chi connectivity index (χ4v) is 6.47. The quantitative estimate of drug-likeness (QED) is 0.278. The van der Waals surface area contributed by atoms with Crippen LogP contribution in [0, 0.1) is 12.8 Å². The lowest BCUT2D eigenvalue weighted by atomic mass is 10.1. The molecule has 0 aliphatic carbocycles. The summed E-state index contributed by atoms with van der Waals surface area (Å²) in [6.45, 7) is 6.21. The molecule has 3 aromatic rings. The molecule has 10 nitrogen and oxygen atoms in total. The number of carbonyl (C=O) groups is 1. The number of thiazole rings is 1. The minimum Gasteiger partial charge on any atom is -0.487 e. The van der Waals surface area contributed by atoms with Crippen molar-refractivity contribution in [3.63, 3.8) is 0 Å². The van der Waals surface area contributed by atoms with Crippen molar-refractivity contribution in [3.8, 4) is 17.2 Å². The molecular weight excluding hydrogens is 554 g/mol. The van der Waals surface area contributed by atoms with Gasteiger partial charge in [0.1, 0.15) is 18.5 Å². The zero-order valence-corrected chi connectivity index (χ0v) is 24.5. The first-order chi connectivity index (χ1) is 19.1. The van der Waals surface area contributed by atoms with Gasteiger partial charge in [0.25, 0.3) is 0 Å². The Bertz CT molecular complexity index is 1390. The summed E-state index contributed by atoms with van der Waals surface area (Å²) >= 11 is 1.58. The van der Waals surface area contributed by atoms with Gasteiger partial charge in [0, 0.05) is 18.0 Å². The second-order valence-electron chi connectivity index (χ2n) is 9.88. The molecule has 40 heavy (non-hydrogen) atoms. The maximum absolute atomic E-state index is 13.7. The number of hydrogen-bond acceptors (Lipinski definition) is 10. The van der Waals surface area contributed by atoms with Gasteiger partial charge >= 0.3 is 5.97 Å². The second-order valence-corrected chi connectivity index (χ2v) is 12.9. The van der Waals surface area contributed by atoms with Gasteiger partial charge in [-0.2, -0.15) is 4.31 Å². The first kappa shape index (κ1) is 29.8. The summed E-state index contributed by atoms with van der Waals surface area (Å²) in [4.78, 5) is 16.6. The summed E-state index contributed by atoms with van der Waals surface area (Å²) in [5.41, 5.74) is 7.39. The summed E-state index contributed by atoms with van der Waals surface area (Å²) in [7, 11) is -3.92. The third kappa shape index (κ3) is 7.94. The van der Waals surface area contributed by atoms with Crippen LogP contribution in [0.1, 0.15) is 36.5 Å². The van der Waals surface area contributed by atoms with E-state index in [4.69, 9.17) is 24.7 Å². The van der Waals surface area contributed by atoms with Gasteiger partial charge in [-0.05, 0) is 55.5 Å². The third-order valence-electron chi connectivity index (χ3n) is 6.15. The number of aryl methyl sites for hydroxylation is 2. The van der Waals surface area contributed by atoms with Crippen molar-refractivity contribution in [2.75, 3.05) is 26.4 Å². The molecule has 1 atom stereocenters. The molecule has 1 aromatic heterocycles. The molecule has 4 rings (SSSR count). The van der Waals surface area contributed by atoms with Crippen LogP contribution in [0.5, 0.6) is 17.2 Å². The normalized spacial score (nSPS) is 13.6. The molecule has 0 bridgehead atoms. The van der Waals surface area contributed by atoms with Crippen molar-refractivity contribution >= 4 is 27.3 Å². The van der Waals surface area contributed by atoms with E-state index in [-0.39, 0.29) is 37.2 Å². The summed E-state index contributed by atoms with van der Waals surface area (Å²) in [5, 5.41) is 2.97. The number of fused-ring (bicyclic) bond motifs is 1. The molecule has 0 saturated heterocycles. The third-order valence-corrected chi connectivity index (χ3v) is 8.80. The molecule has 2 N–H and O–H groups in total. The molecule has 2 heterocycles. The molecule has 1 unspecified atom stereocenters. The number of aromatic nitrogens is 1. The Morgan fingerprint density at radius 1 is 1.12 bits per heavy atom. The molecule has 0 spiro atoms. The highest BCUT2D eigenvalue weighted by atomic mass is 32.2. The van der Waals surface area contributed by atoms with Crippen LogP contribution in [-0.4, -0.2) is 56.2 Å². The lowest BCUT2D eigenvalue weighted by molar-refractivity contribution is -0.148. The maximum Gasteiger partial charge on any atom is 0.320 e. The van der Waals surface area contributed by atoms with Crippen molar-refractivity contribution in [1.29, 1.82) is 0 Å². The number of carbonyl (C=O) groups excluding carboxylic acids is 1. The van der Waals surface area contributed by atoms with Crippen molar-refractivity contribution in [2.24, 2.45) is 11.7 Å². The Morgan fingerprint density at radius 3 is 2.55 bits per heavy atom. The van der Waals surface area contributed by atoms with Gasteiger partial charge in [0.05, 0.1) is 28.7 Å². The highest BCUT2D eigenvalue weighted by Crippen LogP contribution is 2.35. The minimum atomic E-state index is -3.92. The highest BCUT2D eigenvalue weighted by Gasteiger charge is 2.31. The number of nitrogens with zero attached hydrogens (tertiary/aromatic N) is 2. The van der Waals surface area contributed by atoms with Gasteiger partial charge in [-0.15, -0.1) is 11.3 Å². The van der Waals surface area contributed by atoms with Crippen LogP contribution in [0.2, 0.25) is 0 Å². The molecular formula is C28H35N3O7S2. The Morgan fingerprint density at radius 2 is 1.88 bits per heavy atom. The van der Waals surface area contributed by atoms with E-state index in [1.807, 2.05) is 50.4 Å². The summed E-state index contributed by atoms with van der Waals surface area (Å²) in [6.07, 6.45) is 0.283. The summed E-state index contributed by atoms with van der Waals surface area (Å²) in [6, 6.07) is 12.2. The molecule has 0 amide bonds. The van der Waals surface area contributed by atoms with Gasteiger partial charge in [-0.1, -0.05) is 26.0 Å². The zero-order valence-electron chi connectivity index (χ0n) is 22.9. The van der Waals surface area contributed by atoms with Crippen LogP contribution >= 0.6 is 11.3 Å². The molecule has 1 aliphatic rings. The number of esters is 1. The smallest absolute Gasteiger partial charge is 0.320 e. The summed E-state index contributed by atoms with van der Waals surface area (Å²) < 4.78 is 50.8. The number of hydrogen-bond donors (Lipinski definition) is 1.